The molecule has 8 nitrogen and oxygen atoms in total. The lowest BCUT2D eigenvalue weighted by molar-refractivity contribution is -0.122. The molecule has 1 atom stereocenters. The summed E-state index contributed by atoms with van der Waals surface area (Å²) in [4.78, 5) is 8.36. The fourth-order valence-corrected chi connectivity index (χ4v) is 5.19. The third-order valence-corrected chi connectivity index (χ3v) is 6.85. The number of hydrogen-bond donors (Lipinski definition) is 4. The van der Waals surface area contributed by atoms with Crippen molar-refractivity contribution >= 4 is 57.1 Å². The van der Waals surface area contributed by atoms with Crippen LogP contribution in [0, 0.1) is 0 Å². The molecule has 0 saturated carbocycles. The van der Waals surface area contributed by atoms with Gasteiger partial charge in [0, 0.05) is 6.54 Å². The highest BCUT2D eigenvalue weighted by atomic mass is 35.5. The molecule has 5 N–H and O–H groups in total. The van der Waals surface area contributed by atoms with E-state index < -0.39 is 11.0 Å². The number of rotatable bonds is 6. The van der Waals surface area contributed by atoms with Crippen molar-refractivity contribution in [3.05, 3.63) is 70.1 Å². The summed E-state index contributed by atoms with van der Waals surface area (Å²) in [7, 11) is -1.54. The van der Waals surface area contributed by atoms with Gasteiger partial charge in [0.1, 0.15) is 9.96 Å². The van der Waals surface area contributed by atoms with Crippen LogP contribution in [0.4, 0.5) is 5.82 Å². The molecule has 0 aliphatic heterocycles. The van der Waals surface area contributed by atoms with E-state index in [9.17, 15) is 9.32 Å². The molecule has 0 fully saturated rings. The summed E-state index contributed by atoms with van der Waals surface area (Å²) >= 11 is 7.17. The second-order valence-electron chi connectivity index (χ2n) is 6.24. The van der Waals surface area contributed by atoms with E-state index in [2.05, 4.69) is 9.82 Å². The molecule has 0 saturated heterocycles. The maximum Gasteiger partial charge on any atom is 0.290 e. The molecule has 162 valence electrons. The Balaban J connectivity index is 0.000000858. The SMILES string of the molecule is NCc1cccc(Cn2nc(NS(=O)c3ccc(Cl)s3)c3c(O)cccc32)c1.O=CO. The number of nitrogens with zero attached hydrogens (tertiary/aromatic N) is 2. The molecule has 31 heavy (non-hydrogen) atoms. The average molecular weight is 479 g/mol. The van der Waals surface area contributed by atoms with Crippen molar-refractivity contribution < 1.29 is 19.2 Å². The summed E-state index contributed by atoms with van der Waals surface area (Å²) in [6, 6.07) is 16.5. The summed E-state index contributed by atoms with van der Waals surface area (Å²) in [5.41, 5.74) is 8.54. The van der Waals surface area contributed by atoms with Gasteiger partial charge in [-0.15, -0.1) is 11.3 Å². The number of nitrogens with two attached hydrogens (primary N) is 1. The third-order valence-electron chi connectivity index (χ3n) is 4.24. The zero-order valence-corrected chi connectivity index (χ0v) is 18.5. The Hall–Kier alpha value is -2.92. The number of thiophene rings is 1. The normalized spacial score (nSPS) is 11.5. The number of carbonyl (C=O) groups is 1. The molecule has 2 aromatic heterocycles. The average Bonchev–Trinajstić information content (AvgIpc) is 3.33. The molecule has 4 rings (SSSR count). The van der Waals surface area contributed by atoms with Crippen molar-refractivity contribution in [1.82, 2.24) is 9.78 Å². The third kappa shape index (κ3) is 5.42. The topological polar surface area (TPSA) is 130 Å². The Morgan fingerprint density at radius 2 is 1.90 bits per heavy atom. The molecule has 0 amide bonds. The van der Waals surface area contributed by atoms with Gasteiger partial charge >= 0.3 is 0 Å². The van der Waals surface area contributed by atoms with Crippen molar-refractivity contribution in [2.24, 2.45) is 5.73 Å². The summed E-state index contributed by atoms with van der Waals surface area (Å²) < 4.78 is 18.4. The second kappa shape index (κ2) is 10.4. The summed E-state index contributed by atoms with van der Waals surface area (Å²) in [5, 5.41) is 22.4. The van der Waals surface area contributed by atoms with E-state index in [1.807, 2.05) is 30.3 Å². The van der Waals surface area contributed by atoms with Gasteiger partial charge in [0.2, 0.25) is 0 Å². The molecule has 0 bridgehead atoms. The maximum atomic E-state index is 12.6. The van der Waals surface area contributed by atoms with Crippen LogP contribution in [0.3, 0.4) is 0 Å². The largest absolute Gasteiger partial charge is 0.507 e. The van der Waals surface area contributed by atoms with E-state index in [1.54, 1.807) is 28.9 Å². The Labute approximate surface area is 189 Å². The molecule has 0 aliphatic carbocycles. The first-order chi connectivity index (χ1) is 15.0. The first-order valence-corrected chi connectivity index (χ1v) is 11.3. The smallest absolute Gasteiger partial charge is 0.290 e. The molecule has 4 aromatic rings. The van der Waals surface area contributed by atoms with Crippen LogP contribution in [-0.4, -0.2) is 30.7 Å². The number of aromatic nitrogens is 2. The van der Waals surface area contributed by atoms with Crippen molar-refractivity contribution in [2.75, 3.05) is 4.72 Å². The van der Waals surface area contributed by atoms with Crippen LogP contribution >= 0.6 is 22.9 Å². The van der Waals surface area contributed by atoms with Gasteiger partial charge in [-0.2, -0.15) is 5.10 Å². The van der Waals surface area contributed by atoms with Gasteiger partial charge in [-0.3, -0.25) is 14.2 Å². The van der Waals surface area contributed by atoms with Crippen molar-refractivity contribution in [3.8, 4) is 5.75 Å². The Morgan fingerprint density at radius 1 is 1.19 bits per heavy atom. The van der Waals surface area contributed by atoms with Crippen LogP contribution in [0.2, 0.25) is 4.34 Å². The number of phenolic OH excluding ortho intramolecular Hbond substituents is 1. The van der Waals surface area contributed by atoms with Crippen LogP contribution < -0.4 is 10.5 Å². The number of halogens is 1. The highest BCUT2D eigenvalue weighted by Gasteiger charge is 2.17. The van der Waals surface area contributed by atoms with Gasteiger partial charge in [0.05, 0.1) is 21.8 Å². The van der Waals surface area contributed by atoms with Gasteiger partial charge in [-0.1, -0.05) is 41.9 Å². The van der Waals surface area contributed by atoms with E-state index in [-0.39, 0.29) is 12.2 Å². The lowest BCUT2D eigenvalue weighted by Gasteiger charge is -2.06. The first kappa shape index (κ1) is 22.8. The summed E-state index contributed by atoms with van der Waals surface area (Å²) in [6.45, 7) is 0.705. The number of anilines is 1. The van der Waals surface area contributed by atoms with E-state index >= 15 is 0 Å². The molecular weight excluding hydrogens is 460 g/mol. The molecule has 0 aliphatic rings. The number of fused-ring (bicyclic) bond motifs is 1. The van der Waals surface area contributed by atoms with Crippen molar-refractivity contribution in [1.29, 1.82) is 0 Å². The van der Waals surface area contributed by atoms with E-state index in [0.717, 1.165) is 16.6 Å². The molecular formula is C20H19ClN4O4S2. The standard InChI is InChI=1S/C19H17ClN4O2S2.CH2O2/c20-16-7-8-17(27-16)28(26)23-19-18-14(5-2-6-15(18)25)24(22-19)11-13-4-1-3-12(9-13)10-21;2-1-3/h1-9,25H,10-11,21H2,(H,22,23);1H,(H,2,3). The lowest BCUT2D eigenvalue weighted by Crippen LogP contribution is -2.06. The predicted molar refractivity (Wildman–Crippen MR) is 123 cm³/mol. The minimum atomic E-state index is -1.54. The predicted octanol–water partition coefficient (Wildman–Crippen LogP) is 3.80. The number of benzene rings is 2. The van der Waals surface area contributed by atoms with E-state index in [1.165, 1.54) is 11.3 Å². The number of phenols is 1. The second-order valence-corrected chi connectivity index (χ2v) is 9.39. The van der Waals surface area contributed by atoms with Gasteiger partial charge in [0.25, 0.3) is 6.47 Å². The van der Waals surface area contributed by atoms with E-state index in [0.29, 0.717) is 32.8 Å². The number of aromatic hydroxyl groups is 1. The highest BCUT2D eigenvalue weighted by Crippen LogP contribution is 2.33. The molecule has 0 spiro atoms. The zero-order valence-electron chi connectivity index (χ0n) is 16.1. The van der Waals surface area contributed by atoms with E-state index in [4.69, 9.17) is 27.2 Å². The zero-order chi connectivity index (χ0) is 22.4. The molecule has 11 heteroatoms. The van der Waals surface area contributed by atoms with Gasteiger partial charge < -0.3 is 15.9 Å². The Kier molecular flexibility index (Phi) is 7.64. The highest BCUT2D eigenvalue weighted by molar-refractivity contribution is 7.88. The quantitative estimate of drug-likeness (QED) is 0.312. The Morgan fingerprint density at radius 3 is 2.58 bits per heavy atom. The van der Waals surface area contributed by atoms with Crippen LogP contribution in [0.5, 0.6) is 5.75 Å². The van der Waals surface area contributed by atoms with Crippen LogP contribution in [0.25, 0.3) is 10.9 Å². The Bertz CT molecular complexity index is 1230. The summed E-state index contributed by atoms with van der Waals surface area (Å²) in [5.74, 6) is 0.425. The molecule has 2 aromatic carbocycles. The van der Waals surface area contributed by atoms with Gasteiger partial charge in [-0.05, 0) is 35.4 Å². The van der Waals surface area contributed by atoms with Crippen LogP contribution in [0.15, 0.2) is 58.8 Å². The van der Waals surface area contributed by atoms with Crippen molar-refractivity contribution in [3.63, 3.8) is 0 Å². The minimum Gasteiger partial charge on any atom is -0.507 e. The molecule has 2 heterocycles. The molecule has 1 unspecified atom stereocenters. The van der Waals surface area contributed by atoms with Crippen LogP contribution in [0.1, 0.15) is 11.1 Å². The number of nitrogens with one attached hydrogen (secondary N) is 1. The molecule has 0 radical (unpaired) electrons. The fourth-order valence-electron chi connectivity index (χ4n) is 2.97. The van der Waals surface area contributed by atoms with Gasteiger partial charge in [-0.25, -0.2) is 4.21 Å². The monoisotopic (exact) mass is 478 g/mol. The summed E-state index contributed by atoms with van der Waals surface area (Å²) in [6.07, 6.45) is 0. The van der Waals surface area contributed by atoms with Gasteiger partial charge in [0.15, 0.2) is 16.8 Å². The fraction of sp³-hybridized carbons (Fsp3) is 0.100. The first-order valence-electron chi connectivity index (χ1n) is 8.94. The number of hydrogen-bond acceptors (Lipinski definition) is 6. The lowest BCUT2D eigenvalue weighted by atomic mass is 10.1. The van der Waals surface area contributed by atoms with Crippen LogP contribution in [-0.2, 0) is 28.9 Å². The maximum absolute atomic E-state index is 12.6. The van der Waals surface area contributed by atoms with Crippen molar-refractivity contribution in [2.45, 2.75) is 17.3 Å². The minimum absolute atomic E-state index is 0.0724. The number of carboxylic acid groups (broad SMARTS) is 1.